The summed E-state index contributed by atoms with van der Waals surface area (Å²) in [6.07, 6.45) is 0. The van der Waals surface area contributed by atoms with Gasteiger partial charge in [0.15, 0.2) is 16.7 Å². The Balaban J connectivity index is 1.51. The topological polar surface area (TPSA) is 110 Å². The first-order valence-electron chi connectivity index (χ1n) is 12.1. The van der Waals surface area contributed by atoms with Crippen LogP contribution in [0, 0.1) is 13.8 Å². The minimum absolute atomic E-state index is 0.000602. The van der Waals surface area contributed by atoms with Crippen LogP contribution in [-0.4, -0.2) is 34.9 Å². The average molecular weight is 539 g/mol. The number of benzene rings is 3. The van der Waals surface area contributed by atoms with E-state index in [1.807, 2.05) is 38.1 Å². The normalized spacial score (nSPS) is 15.5. The monoisotopic (exact) mass is 538 g/mol. The predicted molar refractivity (Wildman–Crippen MR) is 147 cm³/mol. The van der Waals surface area contributed by atoms with E-state index >= 15 is 0 Å². The molecule has 0 saturated heterocycles. The molecule has 0 saturated carbocycles. The maximum atomic E-state index is 13.8. The Morgan fingerprint density at radius 1 is 1.05 bits per heavy atom. The number of aliphatic hydroxyl groups excluding tert-OH is 1. The summed E-state index contributed by atoms with van der Waals surface area (Å²) >= 11 is 1.30. The highest BCUT2D eigenvalue weighted by atomic mass is 32.1. The van der Waals surface area contributed by atoms with Crippen molar-refractivity contribution in [2.45, 2.75) is 19.9 Å². The fourth-order valence-electron chi connectivity index (χ4n) is 4.96. The van der Waals surface area contributed by atoms with Crippen LogP contribution in [-0.2, 0) is 9.53 Å². The van der Waals surface area contributed by atoms with Crippen molar-refractivity contribution in [1.82, 2.24) is 4.98 Å². The summed E-state index contributed by atoms with van der Waals surface area (Å²) in [6, 6.07) is 18.1. The van der Waals surface area contributed by atoms with Gasteiger partial charge in [-0.3, -0.25) is 14.5 Å². The number of carbonyl (C=O) groups excluding carboxylic acids is 3. The number of amides is 1. The Morgan fingerprint density at radius 3 is 2.51 bits per heavy atom. The number of fused-ring (bicyclic) bond motifs is 2. The second kappa shape index (κ2) is 9.21. The molecule has 1 N–H and O–H groups in total. The van der Waals surface area contributed by atoms with E-state index in [4.69, 9.17) is 14.1 Å². The highest BCUT2D eigenvalue weighted by Gasteiger charge is 2.46. The summed E-state index contributed by atoms with van der Waals surface area (Å²) in [5.41, 5.74) is 3.95. The molecule has 0 spiro atoms. The summed E-state index contributed by atoms with van der Waals surface area (Å²) < 4.78 is 11.5. The van der Waals surface area contributed by atoms with Gasteiger partial charge in [-0.15, -0.1) is 0 Å². The van der Waals surface area contributed by atoms with Crippen molar-refractivity contribution in [2.75, 3.05) is 12.0 Å². The predicted octanol–water partition coefficient (Wildman–Crippen LogP) is 6.23. The lowest BCUT2D eigenvalue weighted by atomic mass is 9.94. The largest absolute Gasteiger partial charge is 0.503 e. The van der Waals surface area contributed by atoms with Crippen molar-refractivity contribution in [3.63, 3.8) is 0 Å². The number of hydrogen-bond donors (Lipinski definition) is 1. The number of aryl methyl sites for hydroxylation is 2. The van der Waals surface area contributed by atoms with Gasteiger partial charge >= 0.3 is 5.97 Å². The number of aliphatic hydroxyl groups is 1. The molecule has 0 bridgehead atoms. The summed E-state index contributed by atoms with van der Waals surface area (Å²) in [5.74, 6) is -2.55. The third-order valence-corrected chi connectivity index (χ3v) is 7.78. The fourth-order valence-corrected chi connectivity index (χ4v) is 6.13. The molecule has 5 aromatic rings. The number of Topliss-reactive ketones (excluding diaryl/α,β-unsaturated/α-hetero) is 1. The van der Waals surface area contributed by atoms with E-state index in [1.54, 1.807) is 42.5 Å². The standard InChI is InChI=1S/C30H22N2O6S/c1-15-12-16(2)24-22(13-15)39-30(31-24)32-25(17-8-10-18(11-9-17)29(36)37-3)23(27(34)28(32)35)26(33)21-14-19-6-4-5-7-20(19)38-21/h4-14,25,34H,1-3H3. The summed E-state index contributed by atoms with van der Waals surface area (Å²) in [5, 5.41) is 12.2. The minimum Gasteiger partial charge on any atom is -0.503 e. The Hall–Kier alpha value is -4.76. The number of anilines is 1. The molecule has 2 aromatic heterocycles. The van der Waals surface area contributed by atoms with Crippen molar-refractivity contribution in [3.05, 3.63) is 106 Å². The molecule has 194 valence electrons. The van der Waals surface area contributed by atoms with Crippen LogP contribution >= 0.6 is 11.3 Å². The number of esters is 1. The first-order chi connectivity index (χ1) is 18.8. The molecule has 0 radical (unpaired) electrons. The van der Waals surface area contributed by atoms with E-state index in [0.29, 0.717) is 21.8 Å². The fraction of sp³-hybridized carbons (Fsp3) is 0.133. The van der Waals surface area contributed by atoms with Crippen LogP contribution in [0.5, 0.6) is 0 Å². The van der Waals surface area contributed by atoms with E-state index in [-0.39, 0.29) is 11.3 Å². The lowest BCUT2D eigenvalue weighted by molar-refractivity contribution is -0.117. The van der Waals surface area contributed by atoms with Gasteiger partial charge in [0, 0.05) is 5.39 Å². The van der Waals surface area contributed by atoms with Crippen molar-refractivity contribution in [1.29, 1.82) is 0 Å². The third-order valence-electron chi connectivity index (χ3n) is 6.77. The van der Waals surface area contributed by atoms with Gasteiger partial charge in [-0.2, -0.15) is 0 Å². The summed E-state index contributed by atoms with van der Waals surface area (Å²) in [4.78, 5) is 45.5. The number of para-hydroxylation sites is 1. The minimum atomic E-state index is -1.01. The number of rotatable bonds is 5. The first-order valence-corrected chi connectivity index (χ1v) is 12.9. The van der Waals surface area contributed by atoms with Crippen LogP contribution < -0.4 is 4.90 Å². The summed E-state index contributed by atoms with van der Waals surface area (Å²) in [7, 11) is 1.29. The van der Waals surface area contributed by atoms with Crippen LogP contribution in [0.2, 0.25) is 0 Å². The molecule has 1 aliphatic heterocycles. The van der Waals surface area contributed by atoms with Crippen LogP contribution in [0.4, 0.5) is 5.13 Å². The van der Waals surface area contributed by atoms with E-state index in [1.165, 1.54) is 23.3 Å². The average Bonchev–Trinajstić information content (AvgIpc) is 3.62. The first kappa shape index (κ1) is 24.6. The number of furan rings is 1. The van der Waals surface area contributed by atoms with Crippen LogP contribution in [0.1, 0.15) is 43.6 Å². The molecule has 0 aliphatic carbocycles. The molecule has 3 aromatic carbocycles. The van der Waals surface area contributed by atoms with Crippen LogP contribution in [0.25, 0.3) is 21.2 Å². The summed E-state index contributed by atoms with van der Waals surface area (Å²) in [6.45, 7) is 3.93. The number of ether oxygens (including phenoxy) is 1. The SMILES string of the molecule is COC(=O)c1ccc(C2C(C(=O)c3cc4ccccc4o3)=C(O)C(=O)N2c2nc3c(C)cc(C)cc3s2)cc1. The van der Waals surface area contributed by atoms with Crippen molar-refractivity contribution >= 4 is 55.3 Å². The molecule has 3 heterocycles. The number of hydrogen-bond acceptors (Lipinski definition) is 8. The molecular formula is C30H22N2O6S. The zero-order valence-electron chi connectivity index (χ0n) is 21.2. The van der Waals surface area contributed by atoms with Gasteiger partial charge < -0.3 is 14.3 Å². The molecule has 1 atom stereocenters. The Morgan fingerprint density at radius 2 is 1.79 bits per heavy atom. The Bertz CT molecular complexity index is 1810. The van der Waals surface area contributed by atoms with Gasteiger partial charge in [-0.25, -0.2) is 9.78 Å². The van der Waals surface area contributed by atoms with Gasteiger partial charge in [0.05, 0.1) is 34.5 Å². The number of carbonyl (C=O) groups is 3. The highest BCUT2D eigenvalue weighted by Crippen LogP contribution is 2.45. The maximum absolute atomic E-state index is 13.8. The number of thiazole rings is 1. The number of ketones is 1. The number of methoxy groups -OCH3 is 1. The maximum Gasteiger partial charge on any atom is 0.337 e. The highest BCUT2D eigenvalue weighted by molar-refractivity contribution is 7.22. The third kappa shape index (κ3) is 3.98. The van der Waals surface area contributed by atoms with Gasteiger partial charge in [-0.1, -0.05) is 47.7 Å². The number of aromatic nitrogens is 1. The van der Waals surface area contributed by atoms with Gasteiger partial charge in [0.2, 0.25) is 5.78 Å². The Labute approximate surface area is 226 Å². The van der Waals surface area contributed by atoms with E-state index in [9.17, 15) is 19.5 Å². The van der Waals surface area contributed by atoms with Crippen molar-refractivity contribution in [2.24, 2.45) is 0 Å². The second-order valence-corrected chi connectivity index (χ2v) is 10.4. The zero-order chi connectivity index (χ0) is 27.4. The second-order valence-electron chi connectivity index (χ2n) is 9.36. The molecule has 1 amide bonds. The van der Waals surface area contributed by atoms with Gasteiger partial charge in [0.1, 0.15) is 5.58 Å². The molecule has 8 nitrogen and oxygen atoms in total. The molecule has 0 fully saturated rings. The van der Waals surface area contributed by atoms with Gasteiger partial charge in [-0.05, 0) is 60.9 Å². The van der Waals surface area contributed by atoms with Crippen LogP contribution in [0.15, 0.2) is 82.5 Å². The molecule has 6 rings (SSSR count). The van der Waals surface area contributed by atoms with Gasteiger partial charge in [0.25, 0.3) is 5.91 Å². The van der Waals surface area contributed by atoms with Crippen molar-refractivity contribution in [3.8, 4) is 0 Å². The van der Waals surface area contributed by atoms with Crippen molar-refractivity contribution < 1.29 is 28.6 Å². The quantitative estimate of drug-likeness (QED) is 0.209. The zero-order valence-corrected chi connectivity index (χ0v) is 22.0. The van der Waals surface area contributed by atoms with E-state index in [0.717, 1.165) is 26.7 Å². The van der Waals surface area contributed by atoms with E-state index < -0.39 is 29.5 Å². The lowest BCUT2D eigenvalue weighted by Crippen LogP contribution is -2.31. The van der Waals surface area contributed by atoms with Crippen LogP contribution in [0.3, 0.4) is 0 Å². The molecule has 9 heteroatoms. The smallest absolute Gasteiger partial charge is 0.337 e. The Kier molecular flexibility index (Phi) is 5.80. The molecule has 1 aliphatic rings. The molecular weight excluding hydrogens is 516 g/mol. The van der Waals surface area contributed by atoms with E-state index in [2.05, 4.69) is 0 Å². The lowest BCUT2D eigenvalue weighted by Gasteiger charge is -2.24. The number of nitrogens with zero attached hydrogens (tertiary/aromatic N) is 2. The molecule has 39 heavy (non-hydrogen) atoms. The molecule has 1 unspecified atom stereocenters.